The number of nitriles is 1. The van der Waals surface area contributed by atoms with E-state index in [1.54, 1.807) is 6.07 Å². The smallest absolute Gasteiger partial charge is 0.220 e. The number of halogens is 1. The summed E-state index contributed by atoms with van der Waals surface area (Å²) in [6.45, 7) is 5.17. The molecule has 0 spiro atoms. The van der Waals surface area contributed by atoms with Crippen molar-refractivity contribution >= 4 is 10.9 Å². The van der Waals surface area contributed by atoms with Crippen LogP contribution in [-0.2, 0) is 13.6 Å². The number of piperidine rings is 1. The highest BCUT2D eigenvalue weighted by molar-refractivity contribution is 5.91. The number of ether oxygens (including phenoxy) is 1. The second-order valence-corrected chi connectivity index (χ2v) is 8.69. The third-order valence-electron chi connectivity index (χ3n) is 6.47. The summed E-state index contributed by atoms with van der Waals surface area (Å²) < 4.78 is 24.6. The van der Waals surface area contributed by atoms with Crippen molar-refractivity contribution in [3.05, 3.63) is 54.0 Å². The summed E-state index contributed by atoms with van der Waals surface area (Å²) in [6, 6.07) is 12.7. The summed E-state index contributed by atoms with van der Waals surface area (Å²) in [5.41, 5.74) is 4.05. The zero-order valence-corrected chi connectivity index (χ0v) is 19.4. The van der Waals surface area contributed by atoms with Gasteiger partial charge in [-0.3, -0.25) is 4.68 Å². The molecule has 0 radical (unpaired) electrons. The maximum atomic E-state index is 14.6. The number of hydrogen-bond acceptors (Lipinski definition) is 5. The predicted octanol–water partition coefficient (Wildman–Crippen LogP) is 4.51. The maximum absolute atomic E-state index is 14.6. The monoisotopic (exact) mass is 458 g/mol. The van der Waals surface area contributed by atoms with Gasteiger partial charge in [0.15, 0.2) is 0 Å². The Kier molecular flexibility index (Phi) is 6.03. The highest BCUT2D eigenvalue weighted by Gasteiger charge is 2.25. The van der Waals surface area contributed by atoms with E-state index in [-0.39, 0.29) is 5.56 Å². The van der Waals surface area contributed by atoms with Crippen molar-refractivity contribution in [2.45, 2.75) is 26.3 Å². The van der Waals surface area contributed by atoms with Gasteiger partial charge in [0.2, 0.25) is 5.88 Å². The van der Waals surface area contributed by atoms with Crippen molar-refractivity contribution < 1.29 is 9.13 Å². The number of nitrogens with zero attached hydrogens (tertiary/aromatic N) is 5. The number of aromatic nitrogens is 4. The fourth-order valence-electron chi connectivity index (χ4n) is 4.70. The van der Waals surface area contributed by atoms with Gasteiger partial charge in [-0.2, -0.15) is 15.5 Å². The molecule has 0 atom stereocenters. The van der Waals surface area contributed by atoms with Crippen LogP contribution in [0.3, 0.4) is 0 Å². The molecule has 2 aromatic carbocycles. The first-order valence-electron chi connectivity index (χ1n) is 11.7. The standard InChI is InChI=1S/C26H27FN6O/c1-3-34-26-24(18-6-7-23-21(12-18)15-30-32(23)2)25(19-4-5-20(14-28)22(27)13-19)31-33(26)16-17-8-10-29-11-9-17/h4-7,12-13,15,17,29H,3,8-11,16H2,1-2H3. The quantitative estimate of drug-likeness (QED) is 0.460. The lowest BCUT2D eigenvalue weighted by molar-refractivity contribution is 0.267. The SMILES string of the molecule is CCOc1c(-c2ccc3c(cnn3C)c2)c(-c2ccc(C#N)c(F)c2)nn1CC1CCNCC1. The molecule has 1 aliphatic heterocycles. The average molecular weight is 459 g/mol. The number of hydrogen-bond donors (Lipinski definition) is 1. The van der Waals surface area contributed by atoms with Crippen molar-refractivity contribution in [1.29, 1.82) is 5.26 Å². The van der Waals surface area contributed by atoms with E-state index in [0.29, 0.717) is 29.7 Å². The molecule has 0 unspecified atom stereocenters. The molecule has 1 fully saturated rings. The van der Waals surface area contributed by atoms with Gasteiger partial charge in [0.25, 0.3) is 0 Å². The molecule has 1 saturated heterocycles. The lowest BCUT2D eigenvalue weighted by Crippen LogP contribution is -2.30. The molecule has 2 aromatic heterocycles. The summed E-state index contributed by atoms with van der Waals surface area (Å²) in [7, 11) is 1.91. The van der Waals surface area contributed by atoms with Gasteiger partial charge in [0, 0.05) is 24.5 Å². The molecular weight excluding hydrogens is 431 g/mol. The first-order valence-corrected chi connectivity index (χ1v) is 11.7. The Morgan fingerprint density at radius 2 is 1.97 bits per heavy atom. The summed E-state index contributed by atoms with van der Waals surface area (Å²) in [4.78, 5) is 0. The van der Waals surface area contributed by atoms with Crippen molar-refractivity contribution in [2.24, 2.45) is 13.0 Å². The van der Waals surface area contributed by atoms with E-state index in [9.17, 15) is 9.65 Å². The lowest BCUT2D eigenvalue weighted by atomic mass is 9.98. The fourth-order valence-corrected chi connectivity index (χ4v) is 4.70. The molecular formula is C26H27FN6O. The van der Waals surface area contributed by atoms with Crippen LogP contribution in [0.1, 0.15) is 25.3 Å². The van der Waals surface area contributed by atoms with Crippen molar-refractivity contribution in [2.75, 3.05) is 19.7 Å². The molecule has 0 saturated carbocycles. The van der Waals surface area contributed by atoms with Gasteiger partial charge in [-0.25, -0.2) is 9.07 Å². The first-order chi connectivity index (χ1) is 16.6. The molecule has 0 bridgehead atoms. The number of benzene rings is 2. The minimum Gasteiger partial charge on any atom is -0.478 e. The van der Waals surface area contributed by atoms with E-state index in [1.165, 1.54) is 12.1 Å². The minimum atomic E-state index is -0.556. The van der Waals surface area contributed by atoms with Crippen LogP contribution in [0.4, 0.5) is 4.39 Å². The van der Waals surface area contributed by atoms with Crippen molar-refractivity contribution in [3.63, 3.8) is 0 Å². The van der Waals surface area contributed by atoms with Gasteiger partial charge < -0.3 is 10.1 Å². The topological polar surface area (TPSA) is 80.7 Å². The minimum absolute atomic E-state index is 0.0150. The van der Waals surface area contributed by atoms with Crippen LogP contribution in [-0.4, -0.2) is 39.3 Å². The molecule has 34 heavy (non-hydrogen) atoms. The largest absolute Gasteiger partial charge is 0.478 e. The maximum Gasteiger partial charge on any atom is 0.220 e. The third kappa shape index (κ3) is 4.03. The van der Waals surface area contributed by atoms with Gasteiger partial charge >= 0.3 is 0 Å². The van der Waals surface area contributed by atoms with E-state index in [0.717, 1.165) is 54.5 Å². The van der Waals surface area contributed by atoms with Crippen molar-refractivity contribution in [3.8, 4) is 34.3 Å². The molecule has 5 rings (SSSR count). The Labute approximate surface area is 197 Å². The molecule has 8 heteroatoms. The Morgan fingerprint density at radius 3 is 2.71 bits per heavy atom. The fraction of sp³-hybridized carbons (Fsp3) is 0.346. The molecule has 1 N–H and O–H groups in total. The van der Waals surface area contributed by atoms with Crippen LogP contribution < -0.4 is 10.1 Å². The van der Waals surface area contributed by atoms with Gasteiger partial charge in [0.1, 0.15) is 17.6 Å². The Balaban J connectivity index is 1.69. The number of rotatable bonds is 6. The second kappa shape index (κ2) is 9.27. The Bertz CT molecular complexity index is 1380. The highest BCUT2D eigenvalue weighted by atomic mass is 19.1. The summed E-state index contributed by atoms with van der Waals surface area (Å²) >= 11 is 0. The first kappa shape index (κ1) is 22.1. The van der Waals surface area contributed by atoms with Crippen LogP contribution in [0.25, 0.3) is 33.3 Å². The van der Waals surface area contributed by atoms with Gasteiger partial charge in [0.05, 0.1) is 29.4 Å². The van der Waals surface area contributed by atoms with E-state index in [2.05, 4.69) is 16.5 Å². The van der Waals surface area contributed by atoms with E-state index in [1.807, 2.05) is 47.7 Å². The Morgan fingerprint density at radius 1 is 1.18 bits per heavy atom. The van der Waals surface area contributed by atoms with Gasteiger partial charge in [-0.05, 0) is 68.6 Å². The molecule has 3 heterocycles. The van der Waals surface area contributed by atoms with Crippen molar-refractivity contribution in [1.82, 2.24) is 24.9 Å². The highest BCUT2D eigenvalue weighted by Crippen LogP contribution is 2.41. The van der Waals surface area contributed by atoms with Crippen LogP contribution in [0, 0.1) is 23.1 Å². The molecule has 0 amide bonds. The summed E-state index contributed by atoms with van der Waals surface area (Å²) in [6.07, 6.45) is 3.98. The van der Waals surface area contributed by atoms with Crippen LogP contribution in [0.15, 0.2) is 42.6 Å². The van der Waals surface area contributed by atoms with E-state index in [4.69, 9.17) is 9.84 Å². The average Bonchev–Trinajstić information content (AvgIpc) is 3.40. The van der Waals surface area contributed by atoms with Crippen LogP contribution in [0.2, 0.25) is 0 Å². The van der Waals surface area contributed by atoms with E-state index >= 15 is 0 Å². The molecule has 0 aliphatic carbocycles. The third-order valence-corrected chi connectivity index (χ3v) is 6.47. The lowest BCUT2D eigenvalue weighted by Gasteiger charge is -2.23. The second-order valence-electron chi connectivity index (χ2n) is 8.69. The molecule has 7 nitrogen and oxygen atoms in total. The van der Waals surface area contributed by atoms with E-state index < -0.39 is 5.82 Å². The zero-order valence-electron chi connectivity index (χ0n) is 19.4. The molecule has 1 aliphatic rings. The number of aryl methyl sites for hydroxylation is 1. The normalized spacial score (nSPS) is 14.4. The molecule has 174 valence electrons. The van der Waals surface area contributed by atoms with Gasteiger partial charge in [-0.1, -0.05) is 12.1 Å². The number of nitrogens with one attached hydrogen (secondary N) is 1. The predicted molar refractivity (Wildman–Crippen MR) is 129 cm³/mol. The van der Waals surface area contributed by atoms with Crippen LogP contribution in [0.5, 0.6) is 5.88 Å². The zero-order chi connectivity index (χ0) is 23.7. The Hall–Kier alpha value is -3.70. The van der Waals surface area contributed by atoms with Gasteiger partial charge in [-0.15, -0.1) is 0 Å². The summed E-state index contributed by atoms with van der Waals surface area (Å²) in [5.74, 6) is 0.614. The number of fused-ring (bicyclic) bond motifs is 1. The molecule has 4 aromatic rings. The summed E-state index contributed by atoms with van der Waals surface area (Å²) in [5, 5.41) is 22.9. The van der Waals surface area contributed by atoms with Crippen LogP contribution >= 0.6 is 0 Å².